The molecule has 1 aromatic carbocycles. The number of benzene rings is 1. The molecule has 1 aliphatic heterocycles. The van der Waals surface area contributed by atoms with E-state index in [1.807, 2.05) is 31.2 Å². The molecule has 25 heavy (non-hydrogen) atoms. The summed E-state index contributed by atoms with van der Waals surface area (Å²) in [4.78, 5) is 13.1. The van der Waals surface area contributed by atoms with Crippen LogP contribution in [0.1, 0.15) is 49.4 Å². The molecule has 2 N–H and O–H groups in total. The first-order chi connectivity index (χ1) is 11.9. The lowest BCUT2D eigenvalue weighted by Gasteiger charge is -2.38. The second-order valence-corrected chi connectivity index (χ2v) is 7.74. The highest BCUT2D eigenvalue weighted by atomic mass is 16.5. The first kappa shape index (κ1) is 15.9. The Morgan fingerprint density at radius 2 is 2.00 bits per heavy atom. The van der Waals surface area contributed by atoms with Gasteiger partial charge in [0, 0.05) is 40.4 Å². The number of carbonyl (C=O) groups is 1. The molecule has 130 valence electrons. The highest BCUT2D eigenvalue weighted by molar-refractivity contribution is 6.01. The molecule has 0 radical (unpaired) electrons. The molecule has 1 aromatic heterocycles. The number of hydrogen-bond donors (Lipinski definition) is 2. The Balaban J connectivity index is 1.97. The van der Waals surface area contributed by atoms with E-state index in [1.165, 1.54) is 0 Å². The molecule has 2 aromatic rings. The average Bonchev–Trinajstić information content (AvgIpc) is 2.92. The zero-order chi connectivity index (χ0) is 17.8. The van der Waals surface area contributed by atoms with Gasteiger partial charge in [0.15, 0.2) is 11.6 Å². The number of aromatic amines is 1. The number of methoxy groups -OCH3 is 1. The monoisotopic (exact) mass is 337 g/mol. The smallest absolute Gasteiger partial charge is 0.162 e. The van der Waals surface area contributed by atoms with Gasteiger partial charge in [-0.2, -0.15) is 5.10 Å². The largest absolute Gasteiger partial charge is 0.496 e. The molecule has 1 aliphatic carbocycles. The summed E-state index contributed by atoms with van der Waals surface area (Å²) in [5.74, 6) is 1.67. The zero-order valence-corrected chi connectivity index (χ0v) is 15.1. The molecule has 0 spiro atoms. The average molecular weight is 337 g/mol. The van der Waals surface area contributed by atoms with Gasteiger partial charge in [0.2, 0.25) is 0 Å². The quantitative estimate of drug-likeness (QED) is 0.871. The standard InChI is InChI=1S/C20H23N3O2/c1-11-16-17(12-7-5-6-8-15(12)25-4)18-13(21-19(16)23-22-11)9-20(2,3)10-14(18)24/h5-8,17H,9-10H2,1-4H3,(H2,21,22,23)/t17-/m0/s1. The Bertz CT molecular complexity index is 892. The summed E-state index contributed by atoms with van der Waals surface area (Å²) < 4.78 is 5.60. The summed E-state index contributed by atoms with van der Waals surface area (Å²) in [5.41, 5.74) is 4.84. The summed E-state index contributed by atoms with van der Waals surface area (Å²) >= 11 is 0. The number of H-pyrrole nitrogens is 1. The Kier molecular flexibility index (Phi) is 3.49. The summed E-state index contributed by atoms with van der Waals surface area (Å²) in [7, 11) is 1.67. The second kappa shape index (κ2) is 5.48. The van der Waals surface area contributed by atoms with Crippen molar-refractivity contribution in [3.63, 3.8) is 0 Å². The lowest BCUT2D eigenvalue weighted by Crippen LogP contribution is -2.33. The van der Waals surface area contributed by atoms with Crippen LogP contribution in [0.5, 0.6) is 5.75 Å². The SMILES string of the molecule is COc1ccccc1[C@@H]1C2=C(CC(C)(C)CC2=O)Nc2n[nH]c(C)c21. The van der Waals surface area contributed by atoms with Crippen molar-refractivity contribution in [2.75, 3.05) is 12.4 Å². The molecule has 2 heterocycles. The van der Waals surface area contributed by atoms with Gasteiger partial charge in [0.25, 0.3) is 0 Å². The fourth-order valence-electron chi connectivity index (χ4n) is 4.17. The minimum absolute atomic E-state index is 0.0445. The third-order valence-corrected chi connectivity index (χ3v) is 5.21. The number of anilines is 1. The van der Waals surface area contributed by atoms with Crippen LogP contribution < -0.4 is 10.1 Å². The number of Topliss-reactive ketones (excluding diaryl/α,β-unsaturated/α-hetero) is 1. The van der Waals surface area contributed by atoms with Gasteiger partial charge in [-0.15, -0.1) is 0 Å². The number of rotatable bonds is 2. The summed E-state index contributed by atoms with van der Waals surface area (Å²) in [5, 5.41) is 10.9. The Labute approximate surface area is 147 Å². The predicted molar refractivity (Wildman–Crippen MR) is 96.8 cm³/mol. The van der Waals surface area contributed by atoms with E-state index in [2.05, 4.69) is 29.4 Å². The van der Waals surface area contributed by atoms with Gasteiger partial charge in [-0.25, -0.2) is 0 Å². The number of ketones is 1. The van der Waals surface area contributed by atoms with Crippen LogP contribution in [0.25, 0.3) is 0 Å². The maximum Gasteiger partial charge on any atom is 0.162 e. The van der Waals surface area contributed by atoms with Gasteiger partial charge in [-0.3, -0.25) is 9.89 Å². The van der Waals surface area contributed by atoms with E-state index in [0.29, 0.717) is 6.42 Å². The van der Waals surface area contributed by atoms with Gasteiger partial charge in [-0.1, -0.05) is 32.0 Å². The van der Waals surface area contributed by atoms with E-state index in [4.69, 9.17) is 4.74 Å². The third-order valence-electron chi connectivity index (χ3n) is 5.21. The van der Waals surface area contributed by atoms with Crippen molar-refractivity contribution < 1.29 is 9.53 Å². The number of ether oxygens (including phenoxy) is 1. The van der Waals surface area contributed by atoms with E-state index in [0.717, 1.165) is 46.1 Å². The van der Waals surface area contributed by atoms with Gasteiger partial charge in [-0.05, 0) is 24.8 Å². The Morgan fingerprint density at radius 1 is 1.24 bits per heavy atom. The maximum absolute atomic E-state index is 13.1. The number of aryl methyl sites for hydroxylation is 1. The molecule has 0 unspecified atom stereocenters. The second-order valence-electron chi connectivity index (χ2n) is 7.74. The lowest BCUT2D eigenvalue weighted by molar-refractivity contribution is -0.118. The van der Waals surface area contributed by atoms with E-state index in [1.54, 1.807) is 7.11 Å². The molecule has 5 nitrogen and oxygen atoms in total. The van der Waals surface area contributed by atoms with Crippen LogP contribution in [-0.4, -0.2) is 23.1 Å². The van der Waals surface area contributed by atoms with Gasteiger partial charge < -0.3 is 10.1 Å². The molecular weight excluding hydrogens is 314 g/mol. The Hall–Kier alpha value is -2.56. The fourth-order valence-corrected chi connectivity index (χ4v) is 4.17. The number of nitrogens with zero attached hydrogens (tertiary/aromatic N) is 1. The summed E-state index contributed by atoms with van der Waals surface area (Å²) in [6.07, 6.45) is 1.40. The highest BCUT2D eigenvalue weighted by Crippen LogP contribution is 2.50. The number of para-hydroxylation sites is 1. The van der Waals surface area contributed by atoms with Crippen LogP contribution in [0.3, 0.4) is 0 Å². The van der Waals surface area contributed by atoms with Gasteiger partial charge in [0.05, 0.1) is 7.11 Å². The van der Waals surface area contributed by atoms with Crippen molar-refractivity contribution in [2.24, 2.45) is 5.41 Å². The van der Waals surface area contributed by atoms with Crippen LogP contribution in [0, 0.1) is 12.3 Å². The molecule has 1 atom stereocenters. The van der Waals surface area contributed by atoms with Crippen LogP contribution >= 0.6 is 0 Å². The number of carbonyl (C=O) groups excluding carboxylic acids is 1. The minimum atomic E-state index is -0.148. The van der Waals surface area contributed by atoms with Crippen molar-refractivity contribution >= 4 is 11.6 Å². The topological polar surface area (TPSA) is 67.0 Å². The van der Waals surface area contributed by atoms with E-state index >= 15 is 0 Å². The van der Waals surface area contributed by atoms with Crippen molar-refractivity contribution in [1.29, 1.82) is 0 Å². The molecule has 0 fully saturated rings. The van der Waals surface area contributed by atoms with E-state index in [-0.39, 0.29) is 17.1 Å². The van der Waals surface area contributed by atoms with Crippen LogP contribution in [0.4, 0.5) is 5.82 Å². The lowest BCUT2D eigenvalue weighted by atomic mass is 9.69. The summed E-state index contributed by atoms with van der Waals surface area (Å²) in [6.45, 7) is 6.28. The van der Waals surface area contributed by atoms with E-state index in [9.17, 15) is 4.79 Å². The molecular formula is C20H23N3O2. The fraction of sp³-hybridized carbons (Fsp3) is 0.400. The minimum Gasteiger partial charge on any atom is -0.496 e. The summed E-state index contributed by atoms with van der Waals surface area (Å²) in [6, 6.07) is 7.94. The zero-order valence-electron chi connectivity index (χ0n) is 15.1. The van der Waals surface area contributed by atoms with Crippen LogP contribution in [0.2, 0.25) is 0 Å². The Morgan fingerprint density at radius 3 is 2.76 bits per heavy atom. The number of fused-ring (bicyclic) bond motifs is 1. The highest BCUT2D eigenvalue weighted by Gasteiger charge is 2.42. The normalized spacial score (nSPS) is 21.4. The number of nitrogens with one attached hydrogen (secondary N) is 2. The number of hydrogen-bond acceptors (Lipinski definition) is 4. The number of allylic oxidation sites excluding steroid dienone is 2. The van der Waals surface area contributed by atoms with Crippen LogP contribution in [-0.2, 0) is 4.79 Å². The maximum atomic E-state index is 13.1. The third kappa shape index (κ3) is 2.46. The van der Waals surface area contributed by atoms with Crippen molar-refractivity contribution in [3.05, 3.63) is 52.4 Å². The predicted octanol–water partition coefficient (Wildman–Crippen LogP) is 3.93. The van der Waals surface area contributed by atoms with Crippen molar-refractivity contribution in [1.82, 2.24) is 10.2 Å². The van der Waals surface area contributed by atoms with E-state index < -0.39 is 0 Å². The first-order valence-electron chi connectivity index (χ1n) is 8.62. The molecule has 0 amide bonds. The molecule has 0 bridgehead atoms. The molecule has 4 rings (SSSR count). The van der Waals surface area contributed by atoms with Crippen molar-refractivity contribution in [3.8, 4) is 5.75 Å². The van der Waals surface area contributed by atoms with Crippen LogP contribution in [0.15, 0.2) is 35.5 Å². The molecule has 5 heteroatoms. The van der Waals surface area contributed by atoms with Crippen molar-refractivity contribution in [2.45, 2.75) is 39.5 Å². The molecule has 0 saturated heterocycles. The van der Waals surface area contributed by atoms with Gasteiger partial charge >= 0.3 is 0 Å². The number of aromatic nitrogens is 2. The molecule has 0 saturated carbocycles. The first-order valence-corrected chi connectivity index (χ1v) is 8.62. The molecule has 2 aliphatic rings. The van der Waals surface area contributed by atoms with Gasteiger partial charge in [0.1, 0.15) is 5.75 Å².